The molecule has 1 fully saturated rings. The first-order valence-electron chi connectivity index (χ1n) is 9.53. The Balaban J connectivity index is 1.27. The second kappa shape index (κ2) is 8.52. The predicted octanol–water partition coefficient (Wildman–Crippen LogP) is 4.70. The molecule has 1 saturated carbocycles. The maximum absolute atomic E-state index is 12.1. The third-order valence-electron chi connectivity index (χ3n) is 5.16. The number of hydrogen-bond acceptors (Lipinski definition) is 4. The van der Waals surface area contributed by atoms with E-state index in [2.05, 4.69) is 20.9 Å². The second-order valence-corrected chi connectivity index (χ2v) is 7.61. The van der Waals surface area contributed by atoms with E-state index in [9.17, 15) is 4.79 Å². The third kappa shape index (κ3) is 4.57. The van der Waals surface area contributed by atoms with Gasteiger partial charge in [0.15, 0.2) is 0 Å². The standard InChI is InChI=1S/C21H23ClN4O2/c22-15-1-6-18-19(7-9-23-20(18)11-15)25-16-2-4-17(5-3-16)26-21(27)24-12-14-8-10-28-13-14/h1,6-11,13,16-17H,2-5,12H2,(H,23,25)(H2,24,26,27)/t16-,17+. The fourth-order valence-electron chi connectivity index (χ4n) is 3.66. The highest BCUT2D eigenvalue weighted by Crippen LogP contribution is 2.28. The molecule has 2 aromatic heterocycles. The zero-order valence-electron chi connectivity index (χ0n) is 15.5. The van der Waals surface area contributed by atoms with Crippen LogP contribution in [-0.4, -0.2) is 23.1 Å². The molecule has 3 aromatic rings. The Morgan fingerprint density at radius 2 is 1.96 bits per heavy atom. The van der Waals surface area contributed by atoms with Crippen molar-refractivity contribution < 1.29 is 9.21 Å². The minimum absolute atomic E-state index is 0.130. The predicted molar refractivity (Wildman–Crippen MR) is 110 cm³/mol. The number of halogens is 1. The lowest BCUT2D eigenvalue weighted by Crippen LogP contribution is -2.44. The summed E-state index contributed by atoms with van der Waals surface area (Å²) in [5, 5.41) is 11.3. The molecule has 0 aliphatic heterocycles. The molecule has 1 aliphatic carbocycles. The van der Waals surface area contributed by atoms with Crippen LogP contribution < -0.4 is 16.0 Å². The van der Waals surface area contributed by atoms with Crippen molar-refractivity contribution >= 4 is 34.2 Å². The highest BCUT2D eigenvalue weighted by Gasteiger charge is 2.22. The fourth-order valence-corrected chi connectivity index (χ4v) is 3.83. The molecule has 1 aromatic carbocycles. The summed E-state index contributed by atoms with van der Waals surface area (Å²) in [6.45, 7) is 0.471. The van der Waals surface area contributed by atoms with Crippen LogP contribution in [0.4, 0.5) is 10.5 Å². The first kappa shape index (κ1) is 18.6. The molecule has 28 heavy (non-hydrogen) atoms. The Labute approximate surface area is 168 Å². The molecule has 0 unspecified atom stereocenters. The van der Waals surface area contributed by atoms with Gasteiger partial charge in [0.1, 0.15) is 0 Å². The number of hydrogen-bond donors (Lipinski definition) is 3. The lowest BCUT2D eigenvalue weighted by atomic mass is 9.91. The number of amides is 2. The molecule has 1 aliphatic rings. The van der Waals surface area contributed by atoms with Gasteiger partial charge in [0, 0.05) is 46.5 Å². The van der Waals surface area contributed by atoms with Gasteiger partial charge in [-0.25, -0.2) is 4.79 Å². The number of aromatic nitrogens is 1. The topological polar surface area (TPSA) is 79.2 Å². The maximum atomic E-state index is 12.1. The third-order valence-corrected chi connectivity index (χ3v) is 5.40. The largest absolute Gasteiger partial charge is 0.472 e. The maximum Gasteiger partial charge on any atom is 0.315 e. The van der Waals surface area contributed by atoms with Crippen LogP contribution in [0.15, 0.2) is 53.5 Å². The van der Waals surface area contributed by atoms with Crippen LogP contribution >= 0.6 is 11.6 Å². The number of urea groups is 1. The molecule has 6 nitrogen and oxygen atoms in total. The van der Waals surface area contributed by atoms with E-state index in [1.54, 1.807) is 18.7 Å². The van der Waals surface area contributed by atoms with Gasteiger partial charge in [-0.05, 0) is 56.0 Å². The second-order valence-electron chi connectivity index (χ2n) is 7.17. The van der Waals surface area contributed by atoms with Gasteiger partial charge in [-0.1, -0.05) is 11.6 Å². The van der Waals surface area contributed by atoms with Crippen LogP contribution in [0.1, 0.15) is 31.2 Å². The van der Waals surface area contributed by atoms with Gasteiger partial charge in [0.2, 0.25) is 0 Å². The quantitative estimate of drug-likeness (QED) is 0.581. The molecule has 0 atom stereocenters. The van der Waals surface area contributed by atoms with Crippen molar-refractivity contribution in [3.05, 3.63) is 59.6 Å². The zero-order chi connectivity index (χ0) is 19.3. The number of furan rings is 1. The SMILES string of the molecule is O=C(NCc1ccoc1)N[C@H]1CC[C@@H](Nc2ccnc3cc(Cl)ccc23)CC1. The molecular weight excluding hydrogens is 376 g/mol. The summed E-state index contributed by atoms with van der Waals surface area (Å²) in [6, 6.07) is 10.1. The molecule has 146 valence electrons. The van der Waals surface area contributed by atoms with Gasteiger partial charge in [0.05, 0.1) is 18.0 Å². The van der Waals surface area contributed by atoms with E-state index in [4.69, 9.17) is 16.0 Å². The molecule has 3 N–H and O–H groups in total. The van der Waals surface area contributed by atoms with Crippen LogP contribution in [0.25, 0.3) is 10.9 Å². The number of pyridine rings is 1. The highest BCUT2D eigenvalue weighted by molar-refractivity contribution is 6.31. The van der Waals surface area contributed by atoms with Gasteiger partial charge in [0.25, 0.3) is 0 Å². The first-order valence-corrected chi connectivity index (χ1v) is 9.91. The van der Waals surface area contributed by atoms with E-state index < -0.39 is 0 Å². The number of nitrogens with zero attached hydrogens (tertiary/aromatic N) is 1. The van der Waals surface area contributed by atoms with Crippen molar-refractivity contribution in [3.8, 4) is 0 Å². The van der Waals surface area contributed by atoms with Gasteiger partial charge >= 0.3 is 6.03 Å². The zero-order valence-corrected chi connectivity index (χ0v) is 16.2. The highest BCUT2D eigenvalue weighted by atomic mass is 35.5. The van der Waals surface area contributed by atoms with Crippen molar-refractivity contribution in [1.29, 1.82) is 0 Å². The van der Waals surface area contributed by atoms with Crippen molar-refractivity contribution in [2.45, 2.75) is 44.3 Å². The van der Waals surface area contributed by atoms with Crippen molar-refractivity contribution in [1.82, 2.24) is 15.6 Å². The summed E-state index contributed by atoms with van der Waals surface area (Å²) >= 11 is 6.07. The summed E-state index contributed by atoms with van der Waals surface area (Å²) in [5.74, 6) is 0. The number of fused-ring (bicyclic) bond motifs is 1. The van der Waals surface area contributed by atoms with Gasteiger partial charge < -0.3 is 20.4 Å². The van der Waals surface area contributed by atoms with E-state index >= 15 is 0 Å². The van der Waals surface area contributed by atoms with E-state index in [0.717, 1.165) is 47.8 Å². The first-order chi connectivity index (χ1) is 13.7. The van der Waals surface area contributed by atoms with Crippen molar-refractivity contribution in [2.75, 3.05) is 5.32 Å². The van der Waals surface area contributed by atoms with E-state index in [1.165, 1.54) is 0 Å². The summed E-state index contributed by atoms with van der Waals surface area (Å²) < 4.78 is 5.00. The average molecular weight is 399 g/mol. The van der Waals surface area contributed by atoms with Crippen LogP contribution in [-0.2, 0) is 6.54 Å². The molecule has 0 radical (unpaired) electrons. The molecule has 2 amide bonds. The Morgan fingerprint density at radius 3 is 2.75 bits per heavy atom. The Kier molecular flexibility index (Phi) is 5.67. The molecule has 4 rings (SSSR count). The summed E-state index contributed by atoms with van der Waals surface area (Å²) in [7, 11) is 0. The Morgan fingerprint density at radius 1 is 1.14 bits per heavy atom. The molecule has 0 spiro atoms. The molecule has 0 saturated heterocycles. The Bertz CT molecular complexity index is 937. The summed E-state index contributed by atoms with van der Waals surface area (Å²) in [4.78, 5) is 16.5. The number of anilines is 1. The monoisotopic (exact) mass is 398 g/mol. The molecule has 2 heterocycles. The minimum Gasteiger partial charge on any atom is -0.472 e. The fraction of sp³-hybridized carbons (Fsp3) is 0.333. The number of carbonyl (C=O) groups excluding carboxylic acids is 1. The van der Waals surface area contributed by atoms with Crippen LogP contribution in [0.5, 0.6) is 0 Å². The number of rotatable bonds is 5. The number of carbonyl (C=O) groups is 1. The van der Waals surface area contributed by atoms with Crippen molar-refractivity contribution in [2.24, 2.45) is 0 Å². The van der Waals surface area contributed by atoms with Crippen molar-refractivity contribution in [3.63, 3.8) is 0 Å². The smallest absolute Gasteiger partial charge is 0.315 e. The van der Waals surface area contributed by atoms with Crippen LogP contribution in [0.3, 0.4) is 0 Å². The van der Waals surface area contributed by atoms with Gasteiger partial charge in [-0.15, -0.1) is 0 Å². The normalized spacial score (nSPS) is 19.3. The summed E-state index contributed by atoms with van der Waals surface area (Å²) in [6.07, 6.45) is 8.95. The molecular formula is C21H23ClN4O2. The van der Waals surface area contributed by atoms with Crippen LogP contribution in [0.2, 0.25) is 5.02 Å². The lowest BCUT2D eigenvalue weighted by Gasteiger charge is -2.30. The van der Waals surface area contributed by atoms with Crippen LogP contribution in [0, 0.1) is 0 Å². The molecule has 7 heteroatoms. The number of nitrogens with one attached hydrogen (secondary N) is 3. The van der Waals surface area contributed by atoms with Gasteiger partial charge in [-0.2, -0.15) is 0 Å². The molecule has 0 bridgehead atoms. The Hall–Kier alpha value is -2.73. The minimum atomic E-state index is -0.130. The van der Waals surface area contributed by atoms with Gasteiger partial charge in [-0.3, -0.25) is 4.98 Å². The average Bonchev–Trinajstić information content (AvgIpc) is 3.21. The van der Waals surface area contributed by atoms with E-state index in [1.807, 2.05) is 30.3 Å². The number of benzene rings is 1. The lowest BCUT2D eigenvalue weighted by molar-refractivity contribution is 0.231. The van der Waals surface area contributed by atoms with E-state index in [0.29, 0.717) is 17.6 Å². The van der Waals surface area contributed by atoms with E-state index in [-0.39, 0.29) is 12.1 Å². The summed E-state index contributed by atoms with van der Waals surface area (Å²) in [5.41, 5.74) is 2.92.